The second-order valence-corrected chi connectivity index (χ2v) is 6.01. The molecule has 1 atom stereocenters. The maximum Gasteiger partial charge on any atom is 0.0347 e. The van der Waals surface area contributed by atoms with Crippen LogP contribution in [0, 0.1) is 0 Å². The van der Waals surface area contributed by atoms with Gasteiger partial charge in [-0.05, 0) is 65.2 Å². The lowest BCUT2D eigenvalue weighted by atomic mass is 9.88. The fourth-order valence-electron chi connectivity index (χ4n) is 3.36. The third-order valence-corrected chi connectivity index (χ3v) is 4.58. The maximum atomic E-state index is 6.19. The summed E-state index contributed by atoms with van der Waals surface area (Å²) < 4.78 is 0. The van der Waals surface area contributed by atoms with Crippen LogP contribution in [0.1, 0.15) is 45.4 Å². The average Bonchev–Trinajstić information content (AvgIpc) is 3.15. The largest absolute Gasteiger partial charge is 0.329 e. The van der Waals surface area contributed by atoms with E-state index in [1.807, 2.05) is 0 Å². The van der Waals surface area contributed by atoms with Crippen LogP contribution in [0.5, 0.6) is 0 Å². The van der Waals surface area contributed by atoms with Crippen LogP contribution in [0.25, 0.3) is 0 Å². The lowest BCUT2D eigenvalue weighted by molar-refractivity contribution is 0.0699. The molecule has 1 aliphatic carbocycles. The number of hydrogen-bond acceptors (Lipinski definition) is 3. The first kappa shape index (κ1) is 13.3. The Morgan fingerprint density at radius 2 is 2.06 bits per heavy atom. The summed E-state index contributed by atoms with van der Waals surface area (Å²) in [6.07, 6.45) is 7.92. The summed E-state index contributed by atoms with van der Waals surface area (Å²) in [6, 6.07) is 0.849. The van der Waals surface area contributed by atoms with Gasteiger partial charge in [0.2, 0.25) is 0 Å². The first-order chi connectivity index (χ1) is 8.22. The van der Waals surface area contributed by atoms with Crippen molar-refractivity contribution in [2.75, 3.05) is 33.2 Å². The van der Waals surface area contributed by atoms with E-state index < -0.39 is 0 Å². The second-order valence-electron chi connectivity index (χ2n) is 6.01. The molecule has 1 unspecified atom stereocenters. The van der Waals surface area contributed by atoms with Crippen molar-refractivity contribution < 1.29 is 0 Å². The van der Waals surface area contributed by atoms with E-state index in [-0.39, 0.29) is 0 Å². The minimum atomic E-state index is 0.307. The Bertz CT molecular complexity index is 240. The van der Waals surface area contributed by atoms with Gasteiger partial charge in [0.25, 0.3) is 0 Å². The molecule has 1 aliphatic heterocycles. The van der Waals surface area contributed by atoms with Gasteiger partial charge < -0.3 is 10.6 Å². The maximum absolute atomic E-state index is 6.19. The molecule has 1 saturated carbocycles. The summed E-state index contributed by atoms with van der Waals surface area (Å²) in [5.74, 6) is 0. The molecule has 0 spiro atoms. The van der Waals surface area contributed by atoms with E-state index in [0.29, 0.717) is 5.54 Å². The number of nitrogens with two attached hydrogens (primary N) is 1. The molecule has 2 fully saturated rings. The summed E-state index contributed by atoms with van der Waals surface area (Å²) in [7, 11) is 2.24. The zero-order valence-electron chi connectivity index (χ0n) is 11.6. The van der Waals surface area contributed by atoms with Crippen LogP contribution in [-0.2, 0) is 0 Å². The molecule has 1 saturated heterocycles. The highest BCUT2D eigenvalue weighted by Crippen LogP contribution is 2.37. The van der Waals surface area contributed by atoms with E-state index in [1.54, 1.807) is 0 Å². The van der Waals surface area contributed by atoms with Gasteiger partial charge in [-0.2, -0.15) is 0 Å². The Hall–Kier alpha value is -0.120. The number of likely N-dealkylation sites (tertiary alicyclic amines) is 1. The first-order valence-electron chi connectivity index (χ1n) is 7.37. The fraction of sp³-hybridized carbons (Fsp3) is 1.00. The zero-order chi connectivity index (χ0) is 12.3. The molecule has 17 heavy (non-hydrogen) atoms. The average molecular weight is 239 g/mol. The van der Waals surface area contributed by atoms with Crippen LogP contribution in [0.3, 0.4) is 0 Å². The molecule has 3 heteroatoms. The van der Waals surface area contributed by atoms with Gasteiger partial charge in [0.15, 0.2) is 0 Å². The molecular formula is C14H29N3. The molecule has 3 nitrogen and oxygen atoms in total. The lowest BCUT2D eigenvalue weighted by Gasteiger charge is -2.43. The lowest BCUT2D eigenvalue weighted by Crippen LogP contribution is -2.55. The smallest absolute Gasteiger partial charge is 0.0347 e. The quantitative estimate of drug-likeness (QED) is 0.792. The minimum absolute atomic E-state index is 0.307. The van der Waals surface area contributed by atoms with Crippen molar-refractivity contribution in [3.8, 4) is 0 Å². The van der Waals surface area contributed by atoms with Crippen LogP contribution >= 0.6 is 0 Å². The van der Waals surface area contributed by atoms with Gasteiger partial charge in [-0.1, -0.05) is 6.92 Å². The fourth-order valence-corrected chi connectivity index (χ4v) is 3.36. The zero-order valence-corrected chi connectivity index (χ0v) is 11.6. The van der Waals surface area contributed by atoms with Gasteiger partial charge in [-0.15, -0.1) is 0 Å². The van der Waals surface area contributed by atoms with Gasteiger partial charge >= 0.3 is 0 Å². The Morgan fingerprint density at radius 3 is 2.65 bits per heavy atom. The Kier molecular flexibility index (Phi) is 4.45. The third kappa shape index (κ3) is 3.01. The van der Waals surface area contributed by atoms with E-state index in [4.69, 9.17) is 5.73 Å². The van der Waals surface area contributed by atoms with Crippen molar-refractivity contribution in [1.82, 2.24) is 9.80 Å². The van der Waals surface area contributed by atoms with Crippen LogP contribution in [0.2, 0.25) is 0 Å². The molecule has 1 heterocycles. The molecular weight excluding hydrogens is 210 g/mol. The molecule has 0 aromatic carbocycles. The van der Waals surface area contributed by atoms with E-state index in [0.717, 1.165) is 12.6 Å². The molecule has 100 valence electrons. The highest BCUT2D eigenvalue weighted by Gasteiger charge is 2.43. The van der Waals surface area contributed by atoms with Crippen molar-refractivity contribution in [2.45, 2.75) is 57.0 Å². The van der Waals surface area contributed by atoms with Gasteiger partial charge in [0.05, 0.1) is 0 Å². The highest BCUT2D eigenvalue weighted by molar-refractivity contribution is 5.00. The number of nitrogens with zero attached hydrogens (tertiary/aromatic N) is 2. The van der Waals surface area contributed by atoms with Crippen LogP contribution in [0.4, 0.5) is 0 Å². The Balaban J connectivity index is 2.09. The standard InChI is InChI=1S/C14H29N3/c1-3-9-17(13-5-6-13)14(12-15)7-4-10-16(2)11-8-14/h13H,3-12,15H2,1-2H3. The number of hydrogen-bond donors (Lipinski definition) is 1. The Morgan fingerprint density at radius 1 is 1.29 bits per heavy atom. The molecule has 0 aromatic heterocycles. The second kappa shape index (κ2) is 5.68. The molecule has 2 aliphatic rings. The predicted octanol–water partition coefficient (Wildman–Crippen LogP) is 1.67. The topological polar surface area (TPSA) is 32.5 Å². The SMILES string of the molecule is CCCN(C1CC1)C1(CN)CCCN(C)CC1. The van der Waals surface area contributed by atoms with E-state index >= 15 is 0 Å². The predicted molar refractivity (Wildman–Crippen MR) is 73.2 cm³/mol. The van der Waals surface area contributed by atoms with Crippen molar-refractivity contribution in [2.24, 2.45) is 5.73 Å². The summed E-state index contributed by atoms with van der Waals surface area (Å²) in [5.41, 5.74) is 6.50. The molecule has 0 amide bonds. The third-order valence-electron chi connectivity index (χ3n) is 4.58. The van der Waals surface area contributed by atoms with E-state index in [9.17, 15) is 0 Å². The van der Waals surface area contributed by atoms with E-state index in [2.05, 4.69) is 23.8 Å². The van der Waals surface area contributed by atoms with Crippen LogP contribution in [0.15, 0.2) is 0 Å². The van der Waals surface area contributed by atoms with Crippen molar-refractivity contribution >= 4 is 0 Å². The molecule has 0 radical (unpaired) electrons. The molecule has 2 N–H and O–H groups in total. The molecule has 2 rings (SSSR count). The monoisotopic (exact) mass is 239 g/mol. The van der Waals surface area contributed by atoms with Crippen molar-refractivity contribution in [3.05, 3.63) is 0 Å². The summed E-state index contributed by atoms with van der Waals surface area (Å²) in [5, 5.41) is 0. The van der Waals surface area contributed by atoms with Crippen molar-refractivity contribution in [1.29, 1.82) is 0 Å². The van der Waals surface area contributed by atoms with Crippen molar-refractivity contribution in [3.63, 3.8) is 0 Å². The number of rotatable bonds is 5. The minimum Gasteiger partial charge on any atom is -0.329 e. The van der Waals surface area contributed by atoms with E-state index in [1.165, 1.54) is 58.2 Å². The van der Waals surface area contributed by atoms with Gasteiger partial charge in [0, 0.05) is 18.1 Å². The highest BCUT2D eigenvalue weighted by atomic mass is 15.3. The van der Waals surface area contributed by atoms with Gasteiger partial charge in [0.1, 0.15) is 0 Å². The molecule has 0 aromatic rings. The summed E-state index contributed by atoms with van der Waals surface area (Å²) >= 11 is 0. The normalized spacial score (nSPS) is 31.8. The Labute approximate surface area is 106 Å². The van der Waals surface area contributed by atoms with Gasteiger partial charge in [-0.25, -0.2) is 0 Å². The molecule has 0 bridgehead atoms. The van der Waals surface area contributed by atoms with Crippen LogP contribution < -0.4 is 5.73 Å². The summed E-state index contributed by atoms with van der Waals surface area (Å²) in [6.45, 7) is 6.84. The van der Waals surface area contributed by atoms with Crippen LogP contribution in [-0.4, -0.2) is 54.6 Å². The summed E-state index contributed by atoms with van der Waals surface area (Å²) in [4.78, 5) is 5.24. The first-order valence-corrected chi connectivity index (χ1v) is 7.37. The van der Waals surface area contributed by atoms with Gasteiger partial charge in [-0.3, -0.25) is 4.90 Å².